The quantitative estimate of drug-likeness (QED) is 0.271. The Bertz CT molecular complexity index is 1150. The number of nitrogens with one attached hydrogen (secondary N) is 1. The topological polar surface area (TPSA) is 101 Å². The number of methoxy groups -OCH3 is 1. The lowest BCUT2D eigenvalue weighted by Gasteiger charge is -2.24. The number of anilines is 2. The average molecular weight is 477 g/mol. The molecule has 1 amide bonds. The molecule has 0 spiro atoms. The van der Waals surface area contributed by atoms with Crippen molar-refractivity contribution >= 4 is 49.8 Å². The summed E-state index contributed by atoms with van der Waals surface area (Å²) in [7, 11) is -2.52. The van der Waals surface area contributed by atoms with Gasteiger partial charge in [0.15, 0.2) is 4.34 Å². The van der Waals surface area contributed by atoms with Gasteiger partial charge < -0.3 is 4.74 Å². The van der Waals surface area contributed by atoms with Gasteiger partial charge >= 0.3 is 0 Å². The van der Waals surface area contributed by atoms with Gasteiger partial charge in [-0.25, -0.2) is 8.42 Å². The molecule has 0 aliphatic carbocycles. The molecule has 0 aliphatic rings. The van der Waals surface area contributed by atoms with E-state index in [2.05, 4.69) is 22.1 Å². The van der Waals surface area contributed by atoms with E-state index in [1.165, 1.54) is 42.3 Å². The van der Waals surface area contributed by atoms with Crippen molar-refractivity contribution in [1.29, 1.82) is 0 Å². The monoisotopic (exact) mass is 476 g/mol. The van der Waals surface area contributed by atoms with E-state index in [0.29, 0.717) is 26.7 Å². The Hall–Kier alpha value is -2.89. The smallest absolute Gasteiger partial charge is 0.264 e. The molecule has 1 aromatic heterocycles. The highest BCUT2D eigenvalue weighted by Gasteiger charge is 2.27. The minimum absolute atomic E-state index is 0.0737. The number of thioether (sulfide) groups is 1. The summed E-state index contributed by atoms with van der Waals surface area (Å²) >= 11 is 2.65. The normalized spacial score (nSPS) is 11.0. The molecule has 8 nitrogen and oxygen atoms in total. The van der Waals surface area contributed by atoms with Crippen molar-refractivity contribution in [1.82, 2.24) is 10.2 Å². The molecule has 11 heteroatoms. The van der Waals surface area contributed by atoms with Gasteiger partial charge in [-0.3, -0.25) is 14.4 Å². The Balaban J connectivity index is 1.87. The summed E-state index contributed by atoms with van der Waals surface area (Å²) in [5.74, 6) is 0.597. The number of amides is 1. The maximum atomic E-state index is 13.3. The first kappa shape index (κ1) is 22.8. The third-order valence-electron chi connectivity index (χ3n) is 3.94. The maximum absolute atomic E-state index is 13.3. The van der Waals surface area contributed by atoms with E-state index in [-0.39, 0.29) is 4.90 Å². The molecule has 0 atom stereocenters. The van der Waals surface area contributed by atoms with Gasteiger partial charge in [-0.05, 0) is 24.3 Å². The molecule has 2 aromatic carbocycles. The Morgan fingerprint density at radius 1 is 1.23 bits per heavy atom. The van der Waals surface area contributed by atoms with E-state index in [1.807, 2.05) is 0 Å². The number of benzene rings is 2. The fourth-order valence-corrected chi connectivity index (χ4v) is 5.50. The van der Waals surface area contributed by atoms with E-state index >= 15 is 0 Å². The molecule has 0 bridgehead atoms. The van der Waals surface area contributed by atoms with Gasteiger partial charge in [0.05, 0.1) is 17.7 Å². The van der Waals surface area contributed by atoms with Crippen LogP contribution in [0.4, 0.5) is 10.8 Å². The molecule has 0 radical (unpaired) electrons. The molecule has 1 N–H and O–H groups in total. The standard InChI is InChI=1S/C20H20N4O4S3/c1-3-12-29-20-23-22-19(30-20)21-18(25)14-24(15-8-7-9-16(13-15)28-2)31(26,27)17-10-5-4-6-11-17/h3-11,13H,1,12,14H2,2H3,(H,21,22,25). The number of nitrogens with zero attached hydrogens (tertiary/aromatic N) is 3. The second-order valence-corrected chi connectivity index (χ2v) is 10.2. The molecule has 0 unspecified atom stereocenters. The second-order valence-electron chi connectivity index (χ2n) is 6.05. The van der Waals surface area contributed by atoms with Crippen molar-refractivity contribution in [3.63, 3.8) is 0 Å². The van der Waals surface area contributed by atoms with Crippen LogP contribution in [-0.4, -0.2) is 43.9 Å². The number of aromatic nitrogens is 2. The fraction of sp³-hybridized carbons (Fsp3) is 0.150. The Morgan fingerprint density at radius 2 is 2.00 bits per heavy atom. The lowest BCUT2D eigenvalue weighted by Crippen LogP contribution is -2.38. The molecule has 162 valence electrons. The summed E-state index contributed by atoms with van der Waals surface area (Å²) < 4.78 is 33.5. The third-order valence-corrected chi connectivity index (χ3v) is 7.69. The molecule has 0 aliphatic heterocycles. The van der Waals surface area contributed by atoms with Crippen LogP contribution in [0.15, 0.2) is 76.5 Å². The van der Waals surface area contributed by atoms with Gasteiger partial charge in [0.2, 0.25) is 11.0 Å². The minimum atomic E-state index is -4.00. The van der Waals surface area contributed by atoms with Crippen LogP contribution in [-0.2, 0) is 14.8 Å². The largest absolute Gasteiger partial charge is 0.497 e. The van der Waals surface area contributed by atoms with Gasteiger partial charge in [0.1, 0.15) is 12.3 Å². The van der Waals surface area contributed by atoms with Crippen LogP contribution in [0.5, 0.6) is 5.75 Å². The highest BCUT2D eigenvalue weighted by molar-refractivity contribution is 8.01. The van der Waals surface area contributed by atoms with Gasteiger partial charge in [-0.15, -0.1) is 16.8 Å². The number of rotatable bonds is 10. The van der Waals surface area contributed by atoms with E-state index in [0.717, 1.165) is 4.31 Å². The summed E-state index contributed by atoms with van der Waals surface area (Å²) in [5, 5.41) is 10.8. The van der Waals surface area contributed by atoms with E-state index in [1.54, 1.807) is 48.5 Å². The minimum Gasteiger partial charge on any atom is -0.497 e. The van der Waals surface area contributed by atoms with E-state index < -0.39 is 22.5 Å². The summed E-state index contributed by atoms with van der Waals surface area (Å²) in [5.41, 5.74) is 0.304. The van der Waals surface area contributed by atoms with Crippen LogP contribution < -0.4 is 14.4 Å². The van der Waals surface area contributed by atoms with Crippen LogP contribution in [0.1, 0.15) is 0 Å². The molecule has 3 aromatic rings. The van der Waals surface area contributed by atoms with E-state index in [9.17, 15) is 13.2 Å². The maximum Gasteiger partial charge on any atom is 0.264 e. The second kappa shape index (κ2) is 10.4. The van der Waals surface area contributed by atoms with E-state index in [4.69, 9.17) is 4.74 Å². The first-order chi connectivity index (χ1) is 14.9. The van der Waals surface area contributed by atoms with Gasteiger partial charge in [-0.1, -0.05) is 53.4 Å². The number of hydrogen-bond acceptors (Lipinski definition) is 8. The molecule has 1 heterocycles. The van der Waals surface area contributed by atoms with Crippen molar-refractivity contribution in [2.24, 2.45) is 0 Å². The molecule has 31 heavy (non-hydrogen) atoms. The summed E-state index contributed by atoms with van der Waals surface area (Å²) in [6.45, 7) is 3.20. The van der Waals surface area contributed by atoms with Crippen LogP contribution in [0.3, 0.4) is 0 Å². The molecule has 0 saturated heterocycles. The summed E-state index contributed by atoms with van der Waals surface area (Å²) in [6.07, 6.45) is 1.74. The molecular weight excluding hydrogens is 456 g/mol. The van der Waals surface area contributed by atoms with Gasteiger partial charge in [0, 0.05) is 11.8 Å². The number of sulfonamides is 1. The van der Waals surface area contributed by atoms with Crippen LogP contribution in [0, 0.1) is 0 Å². The summed E-state index contributed by atoms with van der Waals surface area (Å²) in [6, 6.07) is 14.4. The zero-order valence-corrected chi connectivity index (χ0v) is 19.0. The lowest BCUT2D eigenvalue weighted by atomic mass is 10.3. The highest BCUT2D eigenvalue weighted by Crippen LogP contribution is 2.28. The first-order valence-electron chi connectivity index (χ1n) is 9.03. The number of carbonyl (C=O) groups is 1. The van der Waals surface area contributed by atoms with Crippen LogP contribution in [0.2, 0.25) is 0 Å². The molecule has 0 saturated carbocycles. The Labute approximate surface area is 189 Å². The zero-order valence-electron chi connectivity index (χ0n) is 16.6. The van der Waals surface area contributed by atoms with Gasteiger partial charge in [-0.2, -0.15) is 0 Å². The predicted octanol–water partition coefficient (Wildman–Crippen LogP) is 3.66. The molecular formula is C20H20N4O4S3. The predicted molar refractivity (Wildman–Crippen MR) is 123 cm³/mol. The Morgan fingerprint density at radius 3 is 2.71 bits per heavy atom. The number of ether oxygens (including phenoxy) is 1. The average Bonchev–Trinajstić information content (AvgIpc) is 3.23. The van der Waals surface area contributed by atoms with Crippen molar-refractivity contribution < 1.29 is 17.9 Å². The van der Waals surface area contributed by atoms with Crippen molar-refractivity contribution in [3.05, 3.63) is 67.3 Å². The van der Waals surface area contributed by atoms with Crippen molar-refractivity contribution in [2.45, 2.75) is 9.24 Å². The lowest BCUT2D eigenvalue weighted by molar-refractivity contribution is -0.114. The van der Waals surface area contributed by atoms with Crippen LogP contribution >= 0.6 is 23.1 Å². The van der Waals surface area contributed by atoms with Crippen molar-refractivity contribution in [3.8, 4) is 5.75 Å². The summed E-state index contributed by atoms with van der Waals surface area (Å²) in [4.78, 5) is 12.8. The van der Waals surface area contributed by atoms with Crippen LogP contribution in [0.25, 0.3) is 0 Å². The van der Waals surface area contributed by atoms with Gasteiger partial charge in [0.25, 0.3) is 10.0 Å². The molecule has 3 rings (SSSR count). The number of hydrogen-bond donors (Lipinski definition) is 1. The van der Waals surface area contributed by atoms with Crippen molar-refractivity contribution in [2.75, 3.05) is 29.0 Å². The Kier molecular flexibility index (Phi) is 7.66. The SMILES string of the molecule is C=CCSc1nnc(NC(=O)CN(c2cccc(OC)c2)S(=O)(=O)c2ccccc2)s1. The first-order valence-corrected chi connectivity index (χ1v) is 12.3. The molecule has 0 fully saturated rings. The fourth-order valence-electron chi connectivity index (χ4n) is 2.54. The third kappa shape index (κ3) is 5.84. The number of carbonyl (C=O) groups excluding carboxylic acids is 1. The highest BCUT2D eigenvalue weighted by atomic mass is 32.2. The zero-order chi connectivity index (χ0) is 22.3.